The number of ketones is 2. The number of phenols is 1. The lowest BCUT2D eigenvalue weighted by molar-refractivity contribution is -0.278. The van der Waals surface area contributed by atoms with Crippen LogP contribution in [-0.4, -0.2) is 97.4 Å². The Bertz CT molecular complexity index is 1330. The molecule has 0 amide bonds. The van der Waals surface area contributed by atoms with Crippen LogP contribution in [0, 0.1) is 0 Å². The smallest absolute Gasteiger partial charge is 0.417 e. The molecule has 1 aliphatic carbocycles. The number of ether oxygens (including phenoxy) is 3. The highest BCUT2D eigenvalue weighted by atomic mass is 16.7. The van der Waals surface area contributed by atoms with Gasteiger partial charge in [0.1, 0.15) is 42.5 Å². The Morgan fingerprint density at radius 3 is 2.24 bits per heavy atom. The molecule has 1 heterocycles. The molecule has 0 unspecified atom stereocenters. The number of esters is 1. The normalized spacial score (nSPS) is 24.6. The Morgan fingerprint density at radius 2 is 1.59 bits per heavy atom. The minimum atomic E-state index is -1.92. The van der Waals surface area contributed by atoms with Crippen molar-refractivity contribution in [2.75, 3.05) is 6.61 Å². The second kappa shape index (κ2) is 9.59. The topological polar surface area (TPSA) is 234 Å². The number of carbonyl (C=O) groups is 5. The first-order valence-electron chi connectivity index (χ1n) is 10.5. The third kappa shape index (κ3) is 4.49. The maximum atomic E-state index is 13.3. The molecule has 1 aliphatic heterocycles. The maximum absolute atomic E-state index is 13.3. The lowest BCUT2D eigenvalue weighted by Crippen LogP contribution is -2.60. The van der Waals surface area contributed by atoms with Gasteiger partial charge in [0.15, 0.2) is 5.78 Å². The van der Waals surface area contributed by atoms with E-state index in [2.05, 4.69) is 4.74 Å². The molecule has 1 fully saturated rings. The maximum Gasteiger partial charge on any atom is 0.417 e. The summed E-state index contributed by atoms with van der Waals surface area (Å²) in [7, 11) is 0. The van der Waals surface area contributed by atoms with Gasteiger partial charge < -0.3 is 44.8 Å². The standard InChI is InChI=1S/C23H18O14/c24-10-5-7(20(30)31)4-9-13(10)17(27)14-8(15(9)25)2-1-3-11(14)36-23-19(29)18(28)16(26)12(37-23)6-35-22(34)21(32)33/h1-5,12,16,18-19,23-24,26,28-29H,6H2,(H,30,31)(H,32,33)/t12-,16+,18+,19+,23+/m0/s1. The summed E-state index contributed by atoms with van der Waals surface area (Å²) in [4.78, 5) is 59.5. The van der Waals surface area contributed by atoms with E-state index in [1.54, 1.807) is 0 Å². The molecule has 0 spiro atoms. The zero-order chi connectivity index (χ0) is 27.2. The highest BCUT2D eigenvalue weighted by Gasteiger charge is 2.46. The van der Waals surface area contributed by atoms with Crippen molar-refractivity contribution < 1.29 is 68.8 Å². The largest absolute Gasteiger partial charge is 0.507 e. The first kappa shape index (κ1) is 25.7. The predicted molar refractivity (Wildman–Crippen MR) is 114 cm³/mol. The molecule has 2 aromatic carbocycles. The third-order valence-corrected chi connectivity index (χ3v) is 5.80. The van der Waals surface area contributed by atoms with Crippen molar-refractivity contribution in [2.45, 2.75) is 30.7 Å². The number of carboxylic acids is 2. The number of aliphatic carboxylic acids is 1. The van der Waals surface area contributed by atoms with Gasteiger partial charge in [-0.1, -0.05) is 12.1 Å². The molecule has 37 heavy (non-hydrogen) atoms. The summed E-state index contributed by atoms with van der Waals surface area (Å²) in [5, 5.41) is 58.8. The van der Waals surface area contributed by atoms with E-state index in [1.165, 1.54) is 18.2 Å². The van der Waals surface area contributed by atoms with Crippen LogP contribution in [0.1, 0.15) is 42.2 Å². The van der Waals surface area contributed by atoms with Gasteiger partial charge in [-0.2, -0.15) is 0 Å². The van der Waals surface area contributed by atoms with Gasteiger partial charge in [-0.05, 0) is 18.2 Å². The third-order valence-electron chi connectivity index (χ3n) is 5.80. The summed E-state index contributed by atoms with van der Waals surface area (Å²) in [6.45, 7) is -0.840. The Kier molecular flexibility index (Phi) is 6.66. The number of fused-ring (bicyclic) bond motifs is 2. The fraction of sp³-hybridized carbons (Fsp3) is 0.261. The van der Waals surface area contributed by atoms with E-state index in [9.17, 15) is 49.5 Å². The first-order chi connectivity index (χ1) is 17.4. The molecule has 0 radical (unpaired) electrons. The van der Waals surface area contributed by atoms with E-state index in [1.807, 2.05) is 0 Å². The number of aliphatic hydroxyl groups excluding tert-OH is 3. The van der Waals surface area contributed by atoms with Gasteiger partial charge in [-0.15, -0.1) is 0 Å². The van der Waals surface area contributed by atoms with Crippen molar-refractivity contribution in [3.8, 4) is 11.5 Å². The zero-order valence-electron chi connectivity index (χ0n) is 18.4. The minimum absolute atomic E-state index is 0.213. The number of carboxylic acid groups (broad SMARTS) is 2. The number of phenolic OH excluding ortho intramolecular Hbond substituents is 1. The fourth-order valence-electron chi connectivity index (χ4n) is 3.99. The van der Waals surface area contributed by atoms with Crippen LogP contribution in [0.4, 0.5) is 0 Å². The summed E-state index contributed by atoms with van der Waals surface area (Å²) in [6, 6.07) is 5.52. The number of aromatic hydroxyl groups is 1. The summed E-state index contributed by atoms with van der Waals surface area (Å²) >= 11 is 0. The zero-order valence-corrected chi connectivity index (χ0v) is 18.4. The molecule has 2 aliphatic rings. The average Bonchev–Trinajstić information content (AvgIpc) is 2.85. The number of benzene rings is 2. The SMILES string of the molecule is O=C(O)C(=O)OC[C@@H]1O[C@@H](Oc2cccc3c2C(=O)c2c(O)cc(C(=O)O)cc2C3=O)[C@H](O)[C@H](O)[C@@H]1O. The number of aromatic carboxylic acids is 1. The van der Waals surface area contributed by atoms with E-state index in [0.717, 1.165) is 12.1 Å². The van der Waals surface area contributed by atoms with Gasteiger partial charge in [0.2, 0.25) is 12.1 Å². The summed E-state index contributed by atoms with van der Waals surface area (Å²) in [5.74, 6) is -7.83. The molecule has 14 heteroatoms. The molecule has 14 nitrogen and oxygen atoms in total. The second-order valence-corrected chi connectivity index (χ2v) is 8.10. The van der Waals surface area contributed by atoms with Crippen molar-refractivity contribution in [1.82, 2.24) is 0 Å². The van der Waals surface area contributed by atoms with Gasteiger partial charge in [0, 0.05) is 11.1 Å². The van der Waals surface area contributed by atoms with Crippen molar-refractivity contribution in [1.29, 1.82) is 0 Å². The molecule has 5 atom stereocenters. The van der Waals surface area contributed by atoms with Crippen LogP contribution in [0.15, 0.2) is 30.3 Å². The van der Waals surface area contributed by atoms with Crippen LogP contribution >= 0.6 is 0 Å². The van der Waals surface area contributed by atoms with Gasteiger partial charge in [-0.25, -0.2) is 14.4 Å². The van der Waals surface area contributed by atoms with Crippen LogP contribution < -0.4 is 4.74 Å². The van der Waals surface area contributed by atoms with Crippen molar-refractivity contribution in [3.05, 3.63) is 58.1 Å². The van der Waals surface area contributed by atoms with E-state index in [4.69, 9.17) is 14.6 Å². The summed E-state index contributed by atoms with van der Waals surface area (Å²) < 4.78 is 15.4. The van der Waals surface area contributed by atoms with Crippen LogP contribution in [0.25, 0.3) is 0 Å². The lowest BCUT2D eigenvalue weighted by Gasteiger charge is -2.40. The highest BCUT2D eigenvalue weighted by molar-refractivity contribution is 6.30. The molecular weight excluding hydrogens is 500 g/mol. The molecule has 0 aromatic heterocycles. The molecule has 194 valence electrons. The van der Waals surface area contributed by atoms with Gasteiger partial charge >= 0.3 is 17.9 Å². The fourth-order valence-corrected chi connectivity index (χ4v) is 3.99. The monoisotopic (exact) mass is 518 g/mol. The number of rotatable bonds is 5. The van der Waals surface area contributed by atoms with E-state index < -0.39 is 83.7 Å². The number of aliphatic hydroxyl groups is 3. The summed E-state index contributed by atoms with van der Waals surface area (Å²) in [5.41, 5.74) is -1.81. The Hall–Kier alpha value is -4.37. The Labute approximate surface area is 205 Å². The molecule has 2 aromatic rings. The van der Waals surface area contributed by atoms with Gasteiger partial charge in [-0.3, -0.25) is 9.59 Å². The van der Waals surface area contributed by atoms with Crippen LogP contribution in [-0.2, 0) is 19.1 Å². The first-order valence-corrected chi connectivity index (χ1v) is 10.5. The van der Waals surface area contributed by atoms with Crippen molar-refractivity contribution in [2.24, 2.45) is 0 Å². The number of carbonyl (C=O) groups excluding carboxylic acids is 3. The Morgan fingerprint density at radius 1 is 0.892 bits per heavy atom. The quantitative estimate of drug-likeness (QED) is 0.170. The second-order valence-electron chi connectivity index (χ2n) is 8.10. The predicted octanol–water partition coefficient (Wildman–Crippen LogP) is -1.32. The molecule has 0 bridgehead atoms. The molecule has 0 saturated carbocycles. The minimum Gasteiger partial charge on any atom is -0.507 e. The molecule has 4 rings (SSSR count). The van der Waals surface area contributed by atoms with Crippen LogP contribution in [0.5, 0.6) is 11.5 Å². The Balaban J connectivity index is 1.66. The van der Waals surface area contributed by atoms with Crippen LogP contribution in [0.3, 0.4) is 0 Å². The molecule has 6 N–H and O–H groups in total. The number of hydrogen-bond donors (Lipinski definition) is 6. The van der Waals surface area contributed by atoms with Gasteiger partial charge in [0.05, 0.1) is 16.7 Å². The van der Waals surface area contributed by atoms with Crippen LogP contribution in [0.2, 0.25) is 0 Å². The highest BCUT2D eigenvalue weighted by Crippen LogP contribution is 2.38. The summed E-state index contributed by atoms with van der Waals surface area (Å²) in [6.07, 6.45) is -9.00. The van der Waals surface area contributed by atoms with E-state index in [-0.39, 0.29) is 22.4 Å². The van der Waals surface area contributed by atoms with Crippen molar-refractivity contribution in [3.63, 3.8) is 0 Å². The molecular formula is C23H18O14. The lowest BCUT2D eigenvalue weighted by atomic mass is 9.82. The molecule has 1 saturated heterocycles. The average molecular weight is 518 g/mol. The number of hydrogen-bond acceptors (Lipinski definition) is 12. The van der Waals surface area contributed by atoms with Gasteiger partial charge in [0.25, 0.3) is 0 Å². The van der Waals surface area contributed by atoms with E-state index in [0.29, 0.717) is 0 Å². The van der Waals surface area contributed by atoms with Crippen molar-refractivity contribution >= 4 is 29.5 Å². The van der Waals surface area contributed by atoms with E-state index >= 15 is 0 Å².